The average molecular weight is 600 g/mol. The third-order valence-electron chi connectivity index (χ3n) is 6.26. The normalized spacial score (nSPS) is 11.6. The topological polar surface area (TPSA) is 132 Å². The molecule has 0 saturated heterocycles. The van der Waals surface area contributed by atoms with E-state index in [1.165, 1.54) is 76.0 Å². The van der Waals surface area contributed by atoms with E-state index >= 15 is 0 Å². The maximum atomic E-state index is 13.9. The number of anilines is 2. The molecule has 0 spiro atoms. The van der Waals surface area contributed by atoms with Gasteiger partial charge in [-0.1, -0.05) is 24.3 Å². The summed E-state index contributed by atoms with van der Waals surface area (Å²) in [6, 6.07) is 18.2. The van der Waals surface area contributed by atoms with E-state index in [1.807, 2.05) is 0 Å². The number of carbonyl (C=O) groups excluding carboxylic acids is 1. The first kappa shape index (κ1) is 29.6. The second-order valence-electron chi connectivity index (χ2n) is 8.65. The molecule has 0 aliphatic carbocycles. The van der Waals surface area contributed by atoms with Crippen molar-refractivity contribution < 1.29 is 35.8 Å². The number of esters is 1. The summed E-state index contributed by atoms with van der Waals surface area (Å²) in [5, 5.41) is 0.707. The van der Waals surface area contributed by atoms with Crippen molar-refractivity contribution in [2.45, 2.75) is 16.7 Å². The van der Waals surface area contributed by atoms with Crippen molar-refractivity contribution in [2.24, 2.45) is 0 Å². The minimum Gasteiger partial charge on any atom is -0.497 e. The van der Waals surface area contributed by atoms with Gasteiger partial charge < -0.3 is 14.2 Å². The van der Waals surface area contributed by atoms with Crippen molar-refractivity contribution in [3.05, 3.63) is 79.0 Å². The molecule has 0 bridgehead atoms. The fourth-order valence-corrected chi connectivity index (χ4v) is 6.71. The van der Waals surface area contributed by atoms with Crippen molar-refractivity contribution in [3.8, 4) is 11.5 Å². The second-order valence-corrected chi connectivity index (χ2v) is 12.5. The number of hydrogen-bond donors (Lipinski definition) is 0. The molecule has 0 fully saturated rings. The monoisotopic (exact) mass is 599 g/mol. The van der Waals surface area contributed by atoms with Gasteiger partial charge in [0.1, 0.15) is 23.9 Å². The van der Waals surface area contributed by atoms with E-state index in [0.717, 1.165) is 8.61 Å². The fourth-order valence-electron chi connectivity index (χ4n) is 4.13. The Bertz CT molecular complexity index is 1760. The van der Waals surface area contributed by atoms with Crippen LogP contribution in [0.5, 0.6) is 11.5 Å². The number of pyridine rings is 1. The van der Waals surface area contributed by atoms with Crippen molar-refractivity contribution in [1.82, 2.24) is 4.98 Å². The second kappa shape index (κ2) is 12.0. The Morgan fingerprint density at radius 3 is 1.80 bits per heavy atom. The lowest BCUT2D eigenvalue weighted by molar-refractivity contribution is -0.141. The van der Waals surface area contributed by atoms with Gasteiger partial charge in [0, 0.05) is 17.8 Å². The maximum Gasteiger partial charge on any atom is 0.326 e. The van der Waals surface area contributed by atoms with Gasteiger partial charge in [-0.25, -0.2) is 21.8 Å². The van der Waals surface area contributed by atoms with E-state index in [-0.39, 0.29) is 27.9 Å². The largest absolute Gasteiger partial charge is 0.497 e. The summed E-state index contributed by atoms with van der Waals surface area (Å²) in [5.41, 5.74) is 0.0727. The number of hydrogen-bond acceptors (Lipinski definition) is 9. The summed E-state index contributed by atoms with van der Waals surface area (Å²) in [7, 11) is -4.05. The van der Waals surface area contributed by atoms with Crippen LogP contribution >= 0.6 is 0 Å². The molecule has 0 aliphatic heterocycles. The number of sulfonamides is 2. The van der Waals surface area contributed by atoms with E-state index in [4.69, 9.17) is 14.2 Å². The van der Waals surface area contributed by atoms with Crippen molar-refractivity contribution in [2.75, 3.05) is 43.0 Å². The van der Waals surface area contributed by atoms with Crippen molar-refractivity contribution in [3.63, 3.8) is 0 Å². The highest BCUT2D eigenvalue weighted by Gasteiger charge is 2.31. The molecule has 4 aromatic rings. The molecule has 0 atom stereocenters. The minimum absolute atomic E-state index is 0.0155. The molecule has 0 saturated carbocycles. The lowest BCUT2D eigenvalue weighted by Gasteiger charge is -2.26. The van der Waals surface area contributed by atoms with E-state index < -0.39 is 32.6 Å². The molecule has 0 radical (unpaired) electrons. The first-order valence-corrected chi connectivity index (χ1v) is 15.3. The molecular weight excluding hydrogens is 570 g/mol. The molecular formula is C28H29N3O8S2. The van der Waals surface area contributed by atoms with Crippen LogP contribution in [0.2, 0.25) is 0 Å². The Kier molecular flexibility index (Phi) is 8.69. The van der Waals surface area contributed by atoms with Crippen molar-refractivity contribution >= 4 is 48.3 Å². The Morgan fingerprint density at radius 2 is 1.29 bits per heavy atom. The molecule has 41 heavy (non-hydrogen) atoms. The van der Waals surface area contributed by atoms with E-state index in [0.29, 0.717) is 22.3 Å². The van der Waals surface area contributed by atoms with Gasteiger partial charge in [0.05, 0.1) is 42.5 Å². The van der Waals surface area contributed by atoms with Crippen LogP contribution in [0.3, 0.4) is 0 Å². The predicted molar refractivity (Wildman–Crippen MR) is 154 cm³/mol. The van der Waals surface area contributed by atoms with E-state index in [1.54, 1.807) is 31.2 Å². The number of benzene rings is 3. The van der Waals surface area contributed by atoms with Gasteiger partial charge in [-0.3, -0.25) is 13.4 Å². The highest BCUT2D eigenvalue weighted by atomic mass is 32.2. The lowest BCUT2D eigenvalue weighted by atomic mass is 10.1. The molecule has 1 heterocycles. The number of aromatic nitrogens is 1. The smallest absolute Gasteiger partial charge is 0.326 e. The highest BCUT2D eigenvalue weighted by molar-refractivity contribution is 7.93. The number of carbonyl (C=O) groups is 1. The van der Waals surface area contributed by atoms with Crippen LogP contribution in [0, 0.1) is 0 Å². The quantitative estimate of drug-likeness (QED) is 0.236. The number of methoxy groups -OCH3 is 2. The lowest BCUT2D eigenvalue weighted by Crippen LogP contribution is -2.37. The Balaban J connectivity index is 1.86. The first-order valence-electron chi connectivity index (χ1n) is 12.4. The predicted octanol–water partition coefficient (Wildman–Crippen LogP) is 3.84. The van der Waals surface area contributed by atoms with Crippen LogP contribution in [0.4, 0.5) is 11.5 Å². The van der Waals surface area contributed by atoms with Crippen LogP contribution in [-0.4, -0.2) is 62.2 Å². The Labute approximate surface area is 239 Å². The summed E-state index contributed by atoms with van der Waals surface area (Å²) in [5.74, 6) is 0.257. The summed E-state index contributed by atoms with van der Waals surface area (Å²) in [4.78, 5) is 16.9. The van der Waals surface area contributed by atoms with E-state index in [2.05, 4.69) is 4.98 Å². The molecule has 1 aromatic heterocycles. The maximum absolute atomic E-state index is 13.9. The third kappa shape index (κ3) is 5.91. The van der Waals surface area contributed by atoms with Crippen LogP contribution in [0.1, 0.15) is 6.92 Å². The molecule has 3 aromatic carbocycles. The highest BCUT2D eigenvalue weighted by Crippen LogP contribution is 2.36. The van der Waals surface area contributed by atoms with Gasteiger partial charge in [0.2, 0.25) is 0 Å². The number of rotatable bonds is 11. The number of fused-ring (bicyclic) bond motifs is 1. The minimum atomic E-state index is -4.30. The number of ether oxygens (including phenoxy) is 3. The van der Waals surface area contributed by atoms with Crippen LogP contribution in [-0.2, 0) is 29.6 Å². The van der Waals surface area contributed by atoms with Gasteiger partial charge in [-0.05, 0) is 55.5 Å². The number of nitrogens with zero attached hydrogens (tertiary/aromatic N) is 3. The van der Waals surface area contributed by atoms with Gasteiger partial charge in [-0.2, -0.15) is 0 Å². The van der Waals surface area contributed by atoms with E-state index in [9.17, 15) is 21.6 Å². The molecule has 11 nitrogen and oxygen atoms in total. The van der Waals surface area contributed by atoms with Gasteiger partial charge >= 0.3 is 5.97 Å². The van der Waals surface area contributed by atoms with Gasteiger partial charge in [0.25, 0.3) is 20.0 Å². The average Bonchev–Trinajstić information content (AvgIpc) is 2.99. The molecule has 4 rings (SSSR count). The summed E-state index contributed by atoms with van der Waals surface area (Å²) < 4.78 is 71.9. The zero-order valence-electron chi connectivity index (χ0n) is 22.8. The Morgan fingerprint density at radius 1 is 0.780 bits per heavy atom. The Hall–Kier alpha value is -4.36. The van der Waals surface area contributed by atoms with Crippen LogP contribution in [0.25, 0.3) is 10.8 Å². The SMILES string of the molecule is CCOC(=O)CN(c1cnc(N(C)S(=O)(=O)c2ccc(OC)cc2)c2ccccc12)S(=O)(=O)c1ccc(OC)cc1. The van der Waals surface area contributed by atoms with Crippen LogP contribution < -0.4 is 18.1 Å². The molecule has 0 unspecified atom stereocenters. The summed E-state index contributed by atoms with van der Waals surface area (Å²) >= 11 is 0. The molecule has 13 heteroatoms. The van der Waals surface area contributed by atoms with Crippen molar-refractivity contribution in [1.29, 1.82) is 0 Å². The van der Waals surface area contributed by atoms with Gasteiger partial charge in [0.15, 0.2) is 0 Å². The van der Waals surface area contributed by atoms with Crippen LogP contribution in [0.15, 0.2) is 88.8 Å². The molecule has 0 amide bonds. The molecule has 0 aliphatic rings. The zero-order chi connectivity index (χ0) is 29.8. The third-order valence-corrected chi connectivity index (χ3v) is 9.80. The van der Waals surface area contributed by atoms with Gasteiger partial charge in [-0.15, -0.1) is 0 Å². The summed E-state index contributed by atoms with van der Waals surface area (Å²) in [6.07, 6.45) is 1.23. The fraction of sp³-hybridized carbons (Fsp3) is 0.214. The molecule has 0 N–H and O–H groups in total. The zero-order valence-corrected chi connectivity index (χ0v) is 24.5. The first-order chi connectivity index (χ1) is 19.5. The standard InChI is InChI=1S/C28H29N3O8S2/c1-5-39-27(32)19-31(41(35,36)23-16-12-21(38-4)13-17-23)26-18-29-28(25-9-7-6-8-24(25)26)30(2)40(33,34)22-14-10-20(37-3)11-15-22/h6-18H,5,19H2,1-4H3. The summed E-state index contributed by atoms with van der Waals surface area (Å²) in [6.45, 7) is 1.04. The molecule has 216 valence electrons.